The maximum Gasteiger partial charge on any atom is 0.244 e. The van der Waals surface area contributed by atoms with Gasteiger partial charge in [0.25, 0.3) is 0 Å². The number of rotatable bonds is 6. The topological polar surface area (TPSA) is 88.3 Å². The minimum absolute atomic E-state index is 0.115. The molecule has 0 saturated carbocycles. The zero-order valence-electron chi connectivity index (χ0n) is 11.8. The second-order valence-electron chi connectivity index (χ2n) is 4.90. The van der Waals surface area contributed by atoms with Gasteiger partial charge in [0.15, 0.2) is 0 Å². The number of aromatic nitrogens is 1. The molecule has 6 nitrogen and oxygen atoms in total. The SMILES string of the molecule is CC(C)C(CN)Nc1ccc(S(=O)(=O)N(C)C)cn1. The third-order valence-electron chi connectivity index (χ3n) is 2.91. The van der Waals surface area contributed by atoms with Crippen molar-refractivity contribution in [3.8, 4) is 0 Å². The summed E-state index contributed by atoms with van der Waals surface area (Å²) >= 11 is 0. The predicted molar refractivity (Wildman–Crippen MR) is 76.4 cm³/mol. The van der Waals surface area contributed by atoms with Crippen LogP contribution in [0.15, 0.2) is 23.2 Å². The van der Waals surface area contributed by atoms with E-state index in [-0.39, 0.29) is 10.9 Å². The molecular formula is C12H22N4O2S. The molecule has 0 radical (unpaired) electrons. The molecule has 1 aromatic heterocycles. The molecule has 0 aliphatic rings. The molecule has 0 aliphatic carbocycles. The monoisotopic (exact) mass is 286 g/mol. The van der Waals surface area contributed by atoms with Crippen LogP contribution < -0.4 is 11.1 Å². The van der Waals surface area contributed by atoms with Crippen LogP contribution in [0.2, 0.25) is 0 Å². The lowest BCUT2D eigenvalue weighted by Gasteiger charge is -2.21. The van der Waals surface area contributed by atoms with Crippen LogP contribution in [0.25, 0.3) is 0 Å². The Kier molecular flexibility index (Phi) is 5.28. The number of sulfonamides is 1. The van der Waals surface area contributed by atoms with Crippen LogP contribution in [0.3, 0.4) is 0 Å². The summed E-state index contributed by atoms with van der Waals surface area (Å²) in [6.07, 6.45) is 1.35. The first-order chi connectivity index (χ1) is 8.78. The van der Waals surface area contributed by atoms with Gasteiger partial charge < -0.3 is 11.1 Å². The molecule has 19 heavy (non-hydrogen) atoms. The minimum atomic E-state index is -3.43. The van der Waals surface area contributed by atoms with E-state index in [1.807, 2.05) is 0 Å². The van der Waals surface area contributed by atoms with E-state index in [2.05, 4.69) is 24.1 Å². The molecule has 0 aromatic carbocycles. The molecule has 0 spiro atoms. The lowest BCUT2D eigenvalue weighted by molar-refractivity contribution is 0.520. The molecule has 0 amide bonds. The summed E-state index contributed by atoms with van der Waals surface area (Å²) in [6, 6.07) is 3.31. The molecule has 1 heterocycles. The Bertz CT molecular complexity index is 497. The summed E-state index contributed by atoms with van der Waals surface area (Å²) in [5, 5.41) is 3.19. The maximum absolute atomic E-state index is 11.9. The summed E-state index contributed by atoms with van der Waals surface area (Å²) in [7, 11) is -0.444. The van der Waals surface area contributed by atoms with Gasteiger partial charge in [-0.05, 0) is 18.1 Å². The second kappa shape index (κ2) is 6.31. The molecule has 0 saturated heterocycles. The van der Waals surface area contributed by atoms with Crippen molar-refractivity contribution < 1.29 is 8.42 Å². The average Bonchev–Trinajstić information content (AvgIpc) is 2.35. The maximum atomic E-state index is 11.9. The molecule has 108 valence electrons. The van der Waals surface area contributed by atoms with Gasteiger partial charge in [0.05, 0.1) is 0 Å². The number of nitrogens with one attached hydrogen (secondary N) is 1. The molecule has 0 bridgehead atoms. The molecular weight excluding hydrogens is 264 g/mol. The van der Waals surface area contributed by atoms with Gasteiger partial charge in [-0.25, -0.2) is 17.7 Å². The van der Waals surface area contributed by atoms with Crippen LogP contribution in [0.5, 0.6) is 0 Å². The van der Waals surface area contributed by atoms with E-state index >= 15 is 0 Å². The molecule has 0 fully saturated rings. The Morgan fingerprint density at radius 1 is 1.37 bits per heavy atom. The van der Waals surface area contributed by atoms with Crippen molar-refractivity contribution in [1.29, 1.82) is 0 Å². The van der Waals surface area contributed by atoms with E-state index in [1.54, 1.807) is 12.1 Å². The molecule has 1 aromatic rings. The molecule has 7 heteroatoms. The Labute approximate surface area is 115 Å². The summed E-state index contributed by atoms with van der Waals surface area (Å²) in [6.45, 7) is 4.63. The smallest absolute Gasteiger partial charge is 0.244 e. The Morgan fingerprint density at radius 2 is 2.00 bits per heavy atom. The molecule has 1 atom stereocenters. The third-order valence-corrected chi connectivity index (χ3v) is 4.71. The van der Waals surface area contributed by atoms with E-state index in [4.69, 9.17) is 5.73 Å². The fraction of sp³-hybridized carbons (Fsp3) is 0.583. The Balaban J connectivity index is 2.89. The van der Waals surface area contributed by atoms with Crippen molar-refractivity contribution in [1.82, 2.24) is 9.29 Å². The Morgan fingerprint density at radius 3 is 2.37 bits per heavy atom. The van der Waals surface area contributed by atoms with E-state index in [0.717, 1.165) is 4.31 Å². The Hall–Kier alpha value is -1.18. The first-order valence-electron chi connectivity index (χ1n) is 6.14. The van der Waals surface area contributed by atoms with Gasteiger partial charge in [-0.3, -0.25) is 0 Å². The zero-order valence-corrected chi connectivity index (χ0v) is 12.6. The van der Waals surface area contributed by atoms with Crippen LogP contribution in [0.4, 0.5) is 5.82 Å². The number of pyridine rings is 1. The molecule has 0 aliphatic heterocycles. The minimum Gasteiger partial charge on any atom is -0.366 e. The van der Waals surface area contributed by atoms with Gasteiger partial charge >= 0.3 is 0 Å². The summed E-state index contributed by atoms with van der Waals surface area (Å²) in [4.78, 5) is 4.30. The summed E-state index contributed by atoms with van der Waals surface area (Å²) in [5.41, 5.74) is 5.67. The third kappa shape index (κ3) is 3.89. The lowest BCUT2D eigenvalue weighted by Crippen LogP contribution is -2.34. The predicted octanol–water partition coefficient (Wildman–Crippen LogP) is 0.727. The van der Waals surface area contributed by atoms with Gasteiger partial charge in [-0.1, -0.05) is 13.8 Å². The van der Waals surface area contributed by atoms with Crippen molar-refractivity contribution in [2.24, 2.45) is 11.7 Å². The highest BCUT2D eigenvalue weighted by Gasteiger charge is 2.18. The van der Waals surface area contributed by atoms with Gasteiger partial charge in [-0.15, -0.1) is 0 Å². The fourth-order valence-electron chi connectivity index (χ4n) is 1.52. The highest BCUT2D eigenvalue weighted by Crippen LogP contribution is 2.15. The van der Waals surface area contributed by atoms with E-state index < -0.39 is 10.0 Å². The van der Waals surface area contributed by atoms with E-state index in [9.17, 15) is 8.42 Å². The van der Waals surface area contributed by atoms with Crippen molar-refractivity contribution in [3.63, 3.8) is 0 Å². The van der Waals surface area contributed by atoms with E-state index in [1.165, 1.54) is 20.3 Å². The molecule has 3 N–H and O–H groups in total. The second-order valence-corrected chi connectivity index (χ2v) is 7.05. The van der Waals surface area contributed by atoms with Crippen molar-refractivity contribution in [2.45, 2.75) is 24.8 Å². The number of hydrogen-bond donors (Lipinski definition) is 2. The van der Waals surface area contributed by atoms with Crippen LogP contribution in [0, 0.1) is 5.92 Å². The van der Waals surface area contributed by atoms with Crippen molar-refractivity contribution >= 4 is 15.8 Å². The summed E-state index contributed by atoms with van der Waals surface area (Å²) < 4.78 is 24.9. The fourth-order valence-corrected chi connectivity index (χ4v) is 2.36. The largest absolute Gasteiger partial charge is 0.366 e. The summed E-state index contributed by atoms with van der Waals surface area (Å²) in [5.74, 6) is 0.999. The highest BCUT2D eigenvalue weighted by atomic mass is 32.2. The van der Waals surface area contributed by atoms with Crippen LogP contribution in [0.1, 0.15) is 13.8 Å². The van der Waals surface area contributed by atoms with Crippen molar-refractivity contribution in [2.75, 3.05) is 26.0 Å². The van der Waals surface area contributed by atoms with Gasteiger partial charge in [-0.2, -0.15) is 0 Å². The van der Waals surface area contributed by atoms with Gasteiger partial charge in [0.2, 0.25) is 10.0 Å². The van der Waals surface area contributed by atoms with Crippen LogP contribution >= 0.6 is 0 Å². The average molecular weight is 286 g/mol. The first kappa shape index (κ1) is 15.9. The number of nitrogens with zero attached hydrogens (tertiary/aromatic N) is 2. The van der Waals surface area contributed by atoms with Crippen LogP contribution in [-0.2, 0) is 10.0 Å². The first-order valence-corrected chi connectivity index (χ1v) is 7.58. The van der Waals surface area contributed by atoms with E-state index in [0.29, 0.717) is 18.3 Å². The number of hydrogen-bond acceptors (Lipinski definition) is 5. The lowest BCUT2D eigenvalue weighted by atomic mass is 10.1. The van der Waals surface area contributed by atoms with Gasteiger partial charge in [0, 0.05) is 32.9 Å². The van der Waals surface area contributed by atoms with Gasteiger partial charge in [0.1, 0.15) is 10.7 Å². The molecule has 1 unspecified atom stereocenters. The normalized spacial score (nSPS) is 13.8. The number of nitrogens with two attached hydrogens (primary N) is 1. The molecule has 1 rings (SSSR count). The zero-order chi connectivity index (χ0) is 14.6. The number of anilines is 1. The van der Waals surface area contributed by atoms with Crippen LogP contribution in [-0.4, -0.2) is 44.4 Å². The highest BCUT2D eigenvalue weighted by molar-refractivity contribution is 7.89. The quantitative estimate of drug-likeness (QED) is 0.804. The standard InChI is InChI=1S/C12H22N4O2S/c1-9(2)11(7-13)15-12-6-5-10(8-14-12)19(17,18)16(3)4/h5-6,8-9,11H,7,13H2,1-4H3,(H,14,15). The van der Waals surface area contributed by atoms with Crippen molar-refractivity contribution in [3.05, 3.63) is 18.3 Å².